The first-order chi connectivity index (χ1) is 4.30. The van der Waals surface area contributed by atoms with Gasteiger partial charge in [0, 0.05) is 5.75 Å². The number of rotatable bonds is 1. The van der Waals surface area contributed by atoms with E-state index >= 15 is 0 Å². The third-order valence-corrected chi connectivity index (χ3v) is 2.25. The highest BCUT2D eigenvalue weighted by molar-refractivity contribution is 7.97. The van der Waals surface area contributed by atoms with E-state index < -0.39 is 0 Å². The molecule has 1 atom stereocenters. The molecule has 1 amide bonds. The molecule has 0 spiro atoms. The molecule has 0 aromatic carbocycles. The minimum atomic E-state index is -0.234. The van der Waals surface area contributed by atoms with Gasteiger partial charge in [-0.25, -0.2) is 0 Å². The highest BCUT2D eigenvalue weighted by atomic mass is 32.2. The molecule has 0 aromatic rings. The van der Waals surface area contributed by atoms with Crippen molar-refractivity contribution in [3.8, 4) is 0 Å². The molecule has 1 heterocycles. The summed E-state index contributed by atoms with van der Waals surface area (Å²) in [5.41, 5.74) is 5.05. The third-order valence-electron chi connectivity index (χ3n) is 1.31. The van der Waals surface area contributed by atoms with E-state index in [2.05, 4.69) is 4.72 Å². The monoisotopic (exact) mass is 146 g/mol. The van der Waals surface area contributed by atoms with E-state index in [9.17, 15) is 4.79 Å². The predicted octanol–water partition coefficient (Wildman–Crippen LogP) is -0.128. The van der Waals surface area contributed by atoms with E-state index in [1.165, 1.54) is 0 Å². The maximum Gasteiger partial charge on any atom is 0.235 e. The number of nitrogens with two attached hydrogens (primary N) is 1. The summed E-state index contributed by atoms with van der Waals surface area (Å²) < 4.78 is 2.96. The van der Waals surface area contributed by atoms with Crippen LogP contribution in [0.1, 0.15) is 12.8 Å². The highest BCUT2D eigenvalue weighted by Crippen LogP contribution is 2.11. The normalized spacial score (nSPS) is 27.8. The maximum absolute atomic E-state index is 10.5. The Kier molecular flexibility index (Phi) is 2.36. The second kappa shape index (κ2) is 3.08. The third kappa shape index (κ3) is 1.87. The largest absolute Gasteiger partial charge is 0.368 e. The molecule has 1 unspecified atom stereocenters. The first-order valence-electron chi connectivity index (χ1n) is 2.97. The lowest BCUT2D eigenvalue weighted by atomic mass is 10.2. The first-order valence-corrected chi connectivity index (χ1v) is 3.96. The van der Waals surface area contributed by atoms with E-state index in [1.807, 2.05) is 0 Å². The van der Waals surface area contributed by atoms with Gasteiger partial charge in [-0.2, -0.15) is 0 Å². The number of primary amides is 1. The van der Waals surface area contributed by atoms with Gasteiger partial charge in [-0.3, -0.25) is 9.52 Å². The van der Waals surface area contributed by atoms with Gasteiger partial charge >= 0.3 is 0 Å². The Bertz CT molecular complexity index is 112. The van der Waals surface area contributed by atoms with Crippen LogP contribution < -0.4 is 10.5 Å². The molecule has 3 nitrogen and oxygen atoms in total. The molecule has 1 aliphatic heterocycles. The van der Waals surface area contributed by atoms with Crippen LogP contribution in [0.15, 0.2) is 0 Å². The van der Waals surface area contributed by atoms with Gasteiger partial charge in [0.1, 0.15) is 0 Å². The van der Waals surface area contributed by atoms with Gasteiger partial charge < -0.3 is 5.73 Å². The van der Waals surface area contributed by atoms with Gasteiger partial charge in [0.25, 0.3) is 0 Å². The van der Waals surface area contributed by atoms with Crippen LogP contribution in [0, 0.1) is 0 Å². The lowest BCUT2D eigenvalue weighted by Crippen LogP contribution is -2.40. The summed E-state index contributed by atoms with van der Waals surface area (Å²) in [6.07, 6.45) is 1.98. The number of hydrogen-bond acceptors (Lipinski definition) is 3. The zero-order chi connectivity index (χ0) is 6.69. The van der Waals surface area contributed by atoms with E-state index in [0.29, 0.717) is 0 Å². The van der Waals surface area contributed by atoms with Crippen LogP contribution >= 0.6 is 11.9 Å². The van der Waals surface area contributed by atoms with Crippen LogP contribution in [-0.2, 0) is 4.79 Å². The van der Waals surface area contributed by atoms with Crippen LogP contribution in [0.4, 0.5) is 0 Å². The Morgan fingerprint density at radius 3 is 2.89 bits per heavy atom. The first kappa shape index (κ1) is 6.89. The van der Waals surface area contributed by atoms with Crippen LogP contribution in [0.5, 0.6) is 0 Å². The Hall–Kier alpha value is -0.220. The van der Waals surface area contributed by atoms with Gasteiger partial charge in [-0.1, -0.05) is 11.9 Å². The summed E-state index contributed by atoms with van der Waals surface area (Å²) in [6, 6.07) is -0.0938. The summed E-state index contributed by atoms with van der Waals surface area (Å²) in [7, 11) is 0. The molecule has 0 aliphatic carbocycles. The van der Waals surface area contributed by atoms with Crippen molar-refractivity contribution in [2.24, 2.45) is 5.73 Å². The van der Waals surface area contributed by atoms with Crippen molar-refractivity contribution in [3.05, 3.63) is 0 Å². The molecule has 1 fully saturated rings. The van der Waals surface area contributed by atoms with Crippen molar-refractivity contribution in [2.45, 2.75) is 18.9 Å². The highest BCUT2D eigenvalue weighted by Gasteiger charge is 2.17. The fraction of sp³-hybridized carbons (Fsp3) is 0.800. The minimum Gasteiger partial charge on any atom is -0.368 e. The Morgan fingerprint density at radius 2 is 2.56 bits per heavy atom. The molecule has 1 saturated heterocycles. The Labute approximate surface area is 58.5 Å². The number of carbonyl (C=O) groups is 1. The Balaban J connectivity index is 2.31. The summed E-state index contributed by atoms with van der Waals surface area (Å²) in [5.74, 6) is 0.853. The van der Waals surface area contributed by atoms with Crippen molar-refractivity contribution in [1.29, 1.82) is 0 Å². The van der Waals surface area contributed by atoms with Crippen molar-refractivity contribution >= 4 is 17.9 Å². The van der Waals surface area contributed by atoms with Gasteiger partial charge in [0.05, 0.1) is 6.04 Å². The second-order valence-corrected chi connectivity index (χ2v) is 3.00. The van der Waals surface area contributed by atoms with Crippen LogP contribution in [0.3, 0.4) is 0 Å². The van der Waals surface area contributed by atoms with E-state index in [4.69, 9.17) is 5.73 Å². The van der Waals surface area contributed by atoms with Crippen LogP contribution in [0.25, 0.3) is 0 Å². The predicted molar refractivity (Wildman–Crippen MR) is 37.8 cm³/mol. The average molecular weight is 146 g/mol. The number of hydrogen-bond donors (Lipinski definition) is 2. The van der Waals surface area contributed by atoms with Gasteiger partial charge in [0.2, 0.25) is 5.91 Å². The lowest BCUT2D eigenvalue weighted by molar-refractivity contribution is -0.119. The topological polar surface area (TPSA) is 55.1 Å². The molecule has 3 N–H and O–H groups in total. The maximum atomic E-state index is 10.5. The quantitative estimate of drug-likeness (QED) is 0.507. The molecular weight excluding hydrogens is 136 g/mol. The second-order valence-electron chi connectivity index (χ2n) is 2.06. The number of amides is 1. The fourth-order valence-corrected chi connectivity index (χ4v) is 1.64. The molecule has 0 bridgehead atoms. The lowest BCUT2D eigenvalue weighted by Gasteiger charge is -2.18. The average Bonchev–Trinajstić information content (AvgIpc) is 1.90. The SMILES string of the molecule is NC(=O)C1CCCSN1. The molecule has 0 radical (unpaired) electrons. The number of nitrogens with one attached hydrogen (secondary N) is 1. The smallest absolute Gasteiger partial charge is 0.235 e. The molecule has 1 rings (SSSR count). The van der Waals surface area contributed by atoms with Gasteiger partial charge in [0.15, 0.2) is 0 Å². The summed E-state index contributed by atoms with van der Waals surface area (Å²) in [5, 5.41) is 0. The molecule has 0 saturated carbocycles. The fourth-order valence-electron chi connectivity index (χ4n) is 0.778. The molecule has 4 heteroatoms. The van der Waals surface area contributed by atoms with Gasteiger partial charge in [-0.05, 0) is 12.8 Å². The van der Waals surface area contributed by atoms with Crippen molar-refractivity contribution in [2.75, 3.05) is 5.75 Å². The summed E-state index contributed by atoms with van der Waals surface area (Å²) >= 11 is 1.58. The van der Waals surface area contributed by atoms with E-state index in [-0.39, 0.29) is 11.9 Å². The van der Waals surface area contributed by atoms with E-state index in [1.54, 1.807) is 11.9 Å². The number of carbonyl (C=O) groups excluding carboxylic acids is 1. The zero-order valence-electron chi connectivity index (χ0n) is 5.09. The van der Waals surface area contributed by atoms with Gasteiger partial charge in [-0.15, -0.1) is 0 Å². The molecular formula is C5H10N2OS. The zero-order valence-corrected chi connectivity index (χ0v) is 5.91. The van der Waals surface area contributed by atoms with Crippen LogP contribution in [0.2, 0.25) is 0 Å². The standard InChI is InChI=1S/C5H10N2OS/c6-5(8)4-2-1-3-9-7-4/h4,7H,1-3H2,(H2,6,8). The van der Waals surface area contributed by atoms with Crippen molar-refractivity contribution in [1.82, 2.24) is 4.72 Å². The summed E-state index contributed by atoms with van der Waals surface area (Å²) in [4.78, 5) is 10.5. The molecule has 1 aliphatic rings. The minimum absolute atomic E-state index is 0.0938. The molecule has 0 aromatic heterocycles. The van der Waals surface area contributed by atoms with Crippen molar-refractivity contribution < 1.29 is 4.79 Å². The van der Waals surface area contributed by atoms with Crippen molar-refractivity contribution in [3.63, 3.8) is 0 Å². The molecule has 9 heavy (non-hydrogen) atoms. The molecule has 52 valence electrons. The Morgan fingerprint density at radius 1 is 1.78 bits per heavy atom. The summed E-state index contributed by atoms with van der Waals surface area (Å²) in [6.45, 7) is 0. The van der Waals surface area contributed by atoms with Crippen LogP contribution in [-0.4, -0.2) is 17.7 Å². The van der Waals surface area contributed by atoms with E-state index in [0.717, 1.165) is 18.6 Å².